The van der Waals surface area contributed by atoms with Crippen molar-refractivity contribution < 1.29 is 5.11 Å². The number of aryl methyl sites for hydroxylation is 1. The Kier molecular flexibility index (Phi) is 5.37. The van der Waals surface area contributed by atoms with Crippen molar-refractivity contribution in [2.24, 2.45) is 0 Å². The summed E-state index contributed by atoms with van der Waals surface area (Å²) < 4.78 is 0. The lowest BCUT2D eigenvalue weighted by Crippen LogP contribution is -2.28. The van der Waals surface area contributed by atoms with Crippen molar-refractivity contribution in [2.75, 3.05) is 26.2 Å². The molecule has 1 aliphatic rings. The fourth-order valence-corrected chi connectivity index (χ4v) is 2.76. The Bertz CT molecular complexity index is 377. The lowest BCUT2D eigenvalue weighted by molar-refractivity contribution is 0.174. The Morgan fingerprint density at radius 1 is 1.37 bits per heavy atom. The summed E-state index contributed by atoms with van der Waals surface area (Å²) in [7, 11) is 0. The number of aliphatic hydroxyl groups excluding tert-OH is 1. The number of likely N-dealkylation sites (tertiary alicyclic amines) is 1. The molecule has 3 heteroatoms. The zero-order chi connectivity index (χ0) is 13.7. The van der Waals surface area contributed by atoms with Crippen LogP contribution < -0.4 is 5.32 Å². The van der Waals surface area contributed by atoms with Gasteiger partial charge >= 0.3 is 0 Å². The Balaban J connectivity index is 1.90. The van der Waals surface area contributed by atoms with Crippen LogP contribution in [0.1, 0.15) is 36.9 Å². The van der Waals surface area contributed by atoms with Gasteiger partial charge in [0.2, 0.25) is 0 Å². The molecular weight excluding hydrogens is 236 g/mol. The molecule has 0 bridgehead atoms. The monoisotopic (exact) mass is 262 g/mol. The predicted octanol–water partition coefficient (Wildman–Crippen LogP) is 2.10. The molecule has 3 nitrogen and oxygen atoms in total. The summed E-state index contributed by atoms with van der Waals surface area (Å²) >= 11 is 0. The van der Waals surface area contributed by atoms with Gasteiger partial charge in [-0.25, -0.2) is 0 Å². The van der Waals surface area contributed by atoms with Crippen molar-refractivity contribution in [1.82, 2.24) is 10.2 Å². The number of aliphatic hydroxyl groups is 1. The van der Waals surface area contributed by atoms with E-state index in [1.807, 2.05) is 0 Å². The molecule has 0 amide bonds. The van der Waals surface area contributed by atoms with Gasteiger partial charge in [0.15, 0.2) is 0 Å². The highest BCUT2D eigenvalue weighted by Gasteiger charge is 2.21. The van der Waals surface area contributed by atoms with Gasteiger partial charge in [-0.05, 0) is 31.9 Å². The standard InChI is InChI=1S/C16H26N2O/c1-3-17-16(14-6-4-13(2)5-7-14)9-11-18-10-8-15(19)12-18/h4-7,15-17,19H,3,8-12H2,1-2H3. The topological polar surface area (TPSA) is 35.5 Å². The molecule has 2 unspecified atom stereocenters. The third kappa shape index (κ3) is 4.30. The Hall–Kier alpha value is -0.900. The van der Waals surface area contributed by atoms with Gasteiger partial charge in [0, 0.05) is 25.7 Å². The van der Waals surface area contributed by atoms with E-state index in [4.69, 9.17) is 0 Å². The molecular formula is C16H26N2O. The van der Waals surface area contributed by atoms with Gasteiger partial charge in [-0.3, -0.25) is 0 Å². The highest BCUT2D eigenvalue weighted by atomic mass is 16.3. The summed E-state index contributed by atoms with van der Waals surface area (Å²) in [5.41, 5.74) is 2.67. The van der Waals surface area contributed by atoms with E-state index in [9.17, 15) is 5.11 Å². The summed E-state index contributed by atoms with van der Waals surface area (Å²) in [6, 6.07) is 9.23. The second-order valence-corrected chi connectivity index (χ2v) is 5.55. The molecule has 1 saturated heterocycles. The quantitative estimate of drug-likeness (QED) is 0.824. The minimum atomic E-state index is -0.114. The first-order valence-corrected chi connectivity index (χ1v) is 7.39. The van der Waals surface area contributed by atoms with Crippen LogP contribution in [0.4, 0.5) is 0 Å². The van der Waals surface area contributed by atoms with Crippen LogP contribution >= 0.6 is 0 Å². The lowest BCUT2D eigenvalue weighted by atomic mass is 10.0. The molecule has 1 aromatic rings. The molecule has 1 heterocycles. The normalized spacial score (nSPS) is 21.7. The van der Waals surface area contributed by atoms with E-state index in [1.54, 1.807) is 0 Å². The van der Waals surface area contributed by atoms with Gasteiger partial charge in [0.1, 0.15) is 0 Å². The number of hydrogen-bond acceptors (Lipinski definition) is 3. The number of benzene rings is 1. The van der Waals surface area contributed by atoms with Crippen LogP contribution in [-0.4, -0.2) is 42.3 Å². The van der Waals surface area contributed by atoms with Crippen molar-refractivity contribution in [1.29, 1.82) is 0 Å². The zero-order valence-electron chi connectivity index (χ0n) is 12.1. The van der Waals surface area contributed by atoms with Gasteiger partial charge in [-0.2, -0.15) is 0 Å². The molecule has 1 aromatic carbocycles. The average Bonchev–Trinajstić information content (AvgIpc) is 2.81. The van der Waals surface area contributed by atoms with Crippen LogP contribution in [0.3, 0.4) is 0 Å². The van der Waals surface area contributed by atoms with Crippen molar-refractivity contribution >= 4 is 0 Å². The summed E-state index contributed by atoms with van der Waals surface area (Å²) in [5.74, 6) is 0. The molecule has 2 atom stereocenters. The minimum absolute atomic E-state index is 0.114. The molecule has 0 spiro atoms. The zero-order valence-corrected chi connectivity index (χ0v) is 12.1. The molecule has 0 saturated carbocycles. The summed E-state index contributed by atoms with van der Waals surface area (Å²) in [6.45, 7) is 8.20. The first-order chi connectivity index (χ1) is 9.19. The van der Waals surface area contributed by atoms with E-state index < -0.39 is 0 Å². The van der Waals surface area contributed by atoms with Crippen LogP contribution in [0.2, 0.25) is 0 Å². The molecule has 1 fully saturated rings. The molecule has 19 heavy (non-hydrogen) atoms. The minimum Gasteiger partial charge on any atom is -0.392 e. The maximum Gasteiger partial charge on any atom is 0.0679 e. The molecule has 0 aliphatic carbocycles. The first-order valence-electron chi connectivity index (χ1n) is 7.39. The maximum absolute atomic E-state index is 9.56. The van der Waals surface area contributed by atoms with Crippen molar-refractivity contribution in [3.63, 3.8) is 0 Å². The van der Waals surface area contributed by atoms with Gasteiger partial charge in [0.25, 0.3) is 0 Å². The number of rotatable bonds is 6. The second-order valence-electron chi connectivity index (χ2n) is 5.55. The fourth-order valence-electron chi connectivity index (χ4n) is 2.76. The van der Waals surface area contributed by atoms with Crippen LogP contribution in [0.25, 0.3) is 0 Å². The Labute approximate surface area is 116 Å². The predicted molar refractivity (Wildman–Crippen MR) is 79.3 cm³/mol. The van der Waals surface area contributed by atoms with E-state index in [2.05, 4.69) is 48.3 Å². The summed E-state index contributed by atoms with van der Waals surface area (Å²) in [4.78, 5) is 2.36. The average molecular weight is 262 g/mol. The van der Waals surface area contributed by atoms with Gasteiger partial charge in [-0.1, -0.05) is 36.8 Å². The van der Waals surface area contributed by atoms with Gasteiger partial charge in [0.05, 0.1) is 6.10 Å². The molecule has 0 radical (unpaired) electrons. The number of β-amino-alcohol motifs (C(OH)–C–C–N with tert-alkyl or cyclic N) is 1. The summed E-state index contributed by atoms with van der Waals surface area (Å²) in [6.07, 6.45) is 1.91. The fraction of sp³-hybridized carbons (Fsp3) is 0.625. The van der Waals surface area contributed by atoms with E-state index in [-0.39, 0.29) is 6.10 Å². The molecule has 106 valence electrons. The lowest BCUT2D eigenvalue weighted by Gasteiger charge is -2.22. The van der Waals surface area contributed by atoms with Crippen LogP contribution in [-0.2, 0) is 0 Å². The SMILES string of the molecule is CCNC(CCN1CCC(O)C1)c1ccc(C)cc1. The van der Waals surface area contributed by atoms with Crippen molar-refractivity contribution in [3.05, 3.63) is 35.4 Å². The number of nitrogens with zero attached hydrogens (tertiary/aromatic N) is 1. The maximum atomic E-state index is 9.56. The molecule has 1 aliphatic heterocycles. The largest absolute Gasteiger partial charge is 0.392 e. The van der Waals surface area contributed by atoms with E-state index in [1.165, 1.54) is 11.1 Å². The van der Waals surface area contributed by atoms with Crippen LogP contribution in [0.5, 0.6) is 0 Å². The van der Waals surface area contributed by atoms with Crippen LogP contribution in [0, 0.1) is 6.92 Å². The second kappa shape index (κ2) is 7.04. The third-order valence-corrected chi connectivity index (χ3v) is 3.91. The van der Waals surface area contributed by atoms with Gasteiger partial charge in [-0.15, -0.1) is 0 Å². The van der Waals surface area contributed by atoms with Crippen molar-refractivity contribution in [2.45, 2.75) is 38.8 Å². The Morgan fingerprint density at radius 3 is 2.68 bits per heavy atom. The highest BCUT2D eigenvalue weighted by molar-refractivity contribution is 5.24. The number of nitrogens with one attached hydrogen (secondary N) is 1. The smallest absolute Gasteiger partial charge is 0.0679 e. The molecule has 2 rings (SSSR count). The first kappa shape index (κ1) is 14.5. The highest BCUT2D eigenvalue weighted by Crippen LogP contribution is 2.19. The molecule has 2 N–H and O–H groups in total. The van der Waals surface area contributed by atoms with E-state index >= 15 is 0 Å². The molecule has 0 aromatic heterocycles. The van der Waals surface area contributed by atoms with Crippen LogP contribution in [0.15, 0.2) is 24.3 Å². The van der Waals surface area contributed by atoms with E-state index in [0.29, 0.717) is 6.04 Å². The summed E-state index contributed by atoms with van der Waals surface area (Å²) in [5, 5.41) is 13.1. The van der Waals surface area contributed by atoms with Gasteiger partial charge < -0.3 is 15.3 Å². The third-order valence-electron chi connectivity index (χ3n) is 3.91. The Morgan fingerprint density at radius 2 is 2.11 bits per heavy atom. The van der Waals surface area contributed by atoms with E-state index in [0.717, 1.165) is 39.0 Å². The van der Waals surface area contributed by atoms with Crippen molar-refractivity contribution in [3.8, 4) is 0 Å². The number of hydrogen-bond donors (Lipinski definition) is 2.